The molecule has 0 atom stereocenters. The number of sulfone groups is 1. The molecule has 2 aromatic heterocycles. The van der Waals surface area contributed by atoms with Gasteiger partial charge in [-0.1, -0.05) is 22.8 Å². The molecule has 0 bridgehead atoms. The first kappa shape index (κ1) is 19.7. The molecule has 2 heterocycles. The fourth-order valence-electron chi connectivity index (χ4n) is 2.54. The van der Waals surface area contributed by atoms with Crippen molar-refractivity contribution in [2.75, 3.05) is 11.1 Å². The number of amides is 1. The summed E-state index contributed by atoms with van der Waals surface area (Å²) in [5.74, 6) is -0.625. The second kappa shape index (κ2) is 7.93. The summed E-state index contributed by atoms with van der Waals surface area (Å²) in [7, 11) is -3.55. The minimum absolute atomic E-state index is 0.0933. The number of aryl methyl sites for hydroxylation is 1. The maximum Gasteiger partial charge on any atom is 0.322 e. The average molecular weight is 403 g/mol. The van der Waals surface area contributed by atoms with E-state index in [1.165, 1.54) is 12.1 Å². The molecule has 1 N–H and O–H groups in total. The second-order valence-corrected chi connectivity index (χ2v) is 8.71. The fraction of sp³-hybridized carbons (Fsp3) is 0.333. The number of nitrogens with one attached hydrogen (secondary N) is 1. The quantitative estimate of drug-likeness (QED) is 0.644. The van der Waals surface area contributed by atoms with Gasteiger partial charge >= 0.3 is 6.01 Å². The van der Waals surface area contributed by atoms with Crippen LogP contribution in [-0.4, -0.2) is 40.1 Å². The lowest BCUT2D eigenvalue weighted by Crippen LogP contribution is -2.17. The Morgan fingerprint density at radius 2 is 1.89 bits per heavy atom. The van der Waals surface area contributed by atoms with E-state index in [0.29, 0.717) is 5.69 Å². The highest BCUT2D eigenvalue weighted by molar-refractivity contribution is 7.91. The van der Waals surface area contributed by atoms with Gasteiger partial charge in [0.25, 0.3) is 5.89 Å². The molecule has 28 heavy (non-hydrogen) atoms. The van der Waals surface area contributed by atoms with Crippen molar-refractivity contribution < 1.29 is 17.6 Å². The third-order valence-corrected chi connectivity index (χ3v) is 5.76. The first-order valence-electron chi connectivity index (χ1n) is 8.73. The van der Waals surface area contributed by atoms with Crippen molar-refractivity contribution in [1.82, 2.24) is 20.0 Å². The van der Waals surface area contributed by atoms with Crippen molar-refractivity contribution in [2.24, 2.45) is 0 Å². The molecular weight excluding hydrogens is 382 g/mol. The molecule has 9 nitrogen and oxygen atoms in total. The van der Waals surface area contributed by atoms with Crippen LogP contribution in [0.2, 0.25) is 0 Å². The summed E-state index contributed by atoms with van der Waals surface area (Å²) in [5.41, 5.74) is 1.59. The van der Waals surface area contributed by atoms with Crippen LogP contribution in [0, 0.1) is 6.92 Å². The maximum absolute atomic E-state index is 12.3. The zero-order valence-corrected chi connectivity index (χ0v) is 16.6. The molecule has 1 amide bonds. The number of rotatable bonds is 7. The molecule has 0 radical (unpaired) electrons. The van der Waals surface area contributed by atoms with Gasteiger partial charge < -0.3 is 4.42 Å². The SMILES string of the molecule is Cc1ccc(S(=O)(=O)CCC(=O)Nc2nnc(-c3ccnn3C(C)C)o2)cc1. The van der Waals surface area contributed by atoms with Gasteiger partial charge in [-0.05, 0) is 39.0 Å². The highest BCUT2D eigenvalue weighted by Crippen LogP contribution is 2.22. The molecule has 0 unspecified atom stereocenters. The van der Waals surface area contributed by atoms with Gasteiger partial charge in [-0.2, -0.15) is 5.10 Å². The summed E-state index contributed by atoms with van der Waals surface area (Å²) >= 11 is 0. The molecule has 0 saturated heterocycles. The van der Waals surface area contributed by atoms with Crippen molar-refractivity contribution in [3.05, 3.63) is 42.1 Å². The van der Waals surface area contributed by atoms with Gasteiger partial charge in [0.1, 0.15) is 5.69 Å². The summed E-state index contributed by atoms with van der Waals surface area (Å²) in [4.78, 5) is 12.3. The zero-order valence-electron chi connectivity index (χ0n) is 15.8. The molecule has 0 fully saturated rings. The largest absolute Gasteiger partial charge is 0.401 e. The molecule has 0 saturated carbocycles. The Hall–Kier alpha value is -3.01. The summed E-state index contributed by atoms with van der Waals surface area (Å²) in [6.07, 6.45) is 1.39. The normalized spacial score (nSPS) is 11.7. The van der Waals surface area contributed by atoms with Crippen molar-refractivity contribution >= 4 is 21.8 Å². The number of carbonyl (C=O) groups excluding carboxylic acids is 1. The van der Waals surface area contributed by atoms with Crippen LogP contribution < -0.4 is 5.32 Å². The van der Waals surface area contributed by atoms with Crippen molar-refractivity contribution in [2.45, 2.75) is 38.1 Å². The zero-order chi connectivity index (χ0) is 20.3. The fourth-order valence-corrected chi connectivity index (χ4v) is 3.79. The third-order valence-electron chi connectivity index (χ3n) is 4.03. The Bertz CT molecular complexity index is 1070. The van der Waals surface area contributed by atoms with Crippen LogP contribution in [0.4, 0.5) is 6.01 Å². The second-order valence-electron chi connectivity index (χ2n) is 6.60. The molecule has 3 aromatic rings. The van der Waals surface area contributed by atoms with E-state index in [1.54, 1.807) is 29.1 Å². The van der Waals surface area contributed by atoms with E-state index in [9.17, 15) is 13.2 Å². The Kier molecular flexibility index (Phi) is 5.59. The van der Waals surface area contributed by atoms with E-state index in [-0.39, 0.29) is 35.0 Å². The topological polar surface area (TPSA) is 120 Å². The molecule has 0 aliphatic heterocycles. The maximum atomic E-state index is 12.3. The molecule has 1 aromatic carbocycles. The Labute approximate surface area is 162 Å². The number of aromatic nitrogens is 4. The first-order chi connectivity index (χ1) is 13.3. The molecule has 10 heteroatoms. The highest BCUT2D eigenvalue weighted by Gasteiger charge is 2.19. The minimum atomic E-state index is -3.55. The van der Waals surface area contributed by atoms with E-state index < -0.39 is 15.7 Å². The molecule has 148 valence electrons. The smallest absolute Gasteiger partial charge is 0.322 e. The van der Waals surface area contributed by atoms with Crippen LogP contribution in [0.5, 0.6) is 0 Å². The first-order valence-corrected chi connectivity index (χ1v) is 10.4. The van der Waals surface area contributed by atoms with Crippen molar-refractivity contribution in [1.29, 1.82) is 0 Å². The lowest BCUT2D eigenvalue weighted by Gasteiger charge is -2.07. The van der Waals surface area contributed by atoms with E-state index in [2.05, 4.69) is 20.6 Å². The monoisotopic (exact) mass is 403 g/mol. The molecule has 0 spiro atoms. The molecule has 0 aliphatic carbocycles. The van der Waals surface area contributed by atoms with E-state index >= 15 is 0 Å². The number of hydrogen-bond acceptors (Lipinski definition) is 7. The Morgan fingerprint density at radius 3 is 2.57 bits per heavy atom. The van der Waals surface area contributed by atoms with E-state index in [4.69, 9.17) is 4.42 Å². The number of anilines is 1. The summed E-state index contributed by atoms with van der Waals surface area (Å²) < 4.78 is 31.8. The third kappa shape index (κ3) is 4.45. The summed E-state index contributed by atoms with van der Waals surface area (Å²) in [6, 6.07) is 8.23. The van der Waals surface area contributed by atoms with Gasteiger partial charge in [0.2, 0.25) is 5.91 Å². The summed E-state index contributed by atoms with van der Waals surface area (Å²) in [6.45, 7) is 5.80. The van der Waals surface area contributed by atoms with Crippen LogP contribution in [0.1, 0.15) is 31.9 Å². The average Bonchev–Trinajstić information content (AvgIpc) is 3.29. The van der Waals surface area contributed by atoms with Crippen LogP contribution >= 0.6 is 0 Å². The van der Waals surface area contributed by atoms with E-state index in [0.717, 1.165) is 5.56 Å². The van der Waals surface area contributed by atoms with Gasteiger partial charge in [0.15, 0.2) is 9.84 Å². The van der Waals surface area contributed by atoms with Crippen molar-refractivity contribution in [3.63, 3.8) is 0 Å². The van der Waals surface area contributed by atoms with Crippen LogP contribution in [0.3, 0.4) is 0 Å². The van der Waals surface area contributed by atoms with Crippen LogP contribution in [0.25, 0.3) is 11.6 Å². The lowest BCUT2D eigenvalue weighted by molar-refractivity contribution is -0.115. The lowest BCUT2D eigenvalue weighted by atomic mass is 10.2. The van der Waals surface area contributed by atoms with Gasteiger partial charge in [-0.3, -0.25) is 14.8 Å². The number of benzene rings is 1. The Morgan fingerprint density at radius 1 is 1.18 bits per heavy atom. The predicted molar refractivity (Wildman–Crippen MR) is 102 cm³/mol. The van der Waals surface area contributed by atoms with E-state index in [1.807, 2.05) is 20.8 Å². The van der Waals surface area contributed by atoms with Gasteiger partial charge in [0, 0.05) is 18.7 Å². The molecule has 3 rings (SSSR count). The van der Waals surface area contributed by atoms with Crippen LogP contribution in [-0.2, 0) is 14.6 Å². The summed E-state index contributed by atoms with van der Waals surface area (Å²) in [5, 5.41) is 14.3. The standard InChI is InChI=1S/C18H21N5O4S/c1-12(2)23-15(8-10-19-23)17-21-22-18(27-17)20-16(24)9-11-28(25,26)14-6-4-13(3)5-7-14/h4-8,10,12H,9,11H2,1-3H3,(H,20,22,24). The van der Waals surface area contributed by atoms with Gasteiger partial charge in [-0.25, -0.2) is 8.42 Å². The number of hydrogen-bond donors (Lipinski definition) is 1. The molecule has 0 aliphatic rings. The minimum Gasteiger partial charge on any atom is -0.401 e. The van der Waals surface area contributed by atoms with Gasteiger partial charge in [-0.15, -0.1) is 5.10 Å². The molecular formula is C18H21N5O4S. The Balaban J connectivity index is 1.62. The predicted octanol–water partition coefficient (Wildman–Crippen LogP) is 2.62. The van der Waals surface area contributed by atoms with Gasteiger partial charge in [0.05, 0.1) is 10.6 Å². The van der Waals surface area contributed by atoms with Crippen molar-refractivity contribution in [3.8, 4) is 11.6 Å². The number of carbonyl (C=O) groups is 1. The van der Waals surface area contributed by atoms with Crippen LogP contribution in [0.15, 0.2) is 45.8 Å². The number of nitrogens with zero attached hydrogens (tertiary/aromatic N) is 4. The highest BCUT2D eigenvalue weighted by atomic mass is 32.2.